The molecular formula is C17H22FN5O2. The van der Waals surface area contributed by atoms with Crippen molar-refractivity contribution in [1.29, 1.82) is 0 Å². The van der Waals surface area contributed by atoms with Crippen LogP contribution in [0, 0.1) is 11.7 Å². The van der Waals surface area contributed by atoms with Crippen LogP contribution < -0.4 is 21.1 Å². The van der Waals surface area contributed by atoms with Crippen LogP contribution in [0.4, 0.5) is 10.2 Å². The largest absolute Gasteiger partial charge is 0.490 e. The van der Waals surface area contributed by atoms with Gasteiger partial charge in [-0.05, 0) is 25.1 Å². The van der Waals surface area contributed by atoms with Crippen LogP contribution >= 0.6 is 0 Å². The van der Waals surface area contributed by atoms with Gasteiger partial charge in [0, 0.05) is 25.6 Å². The number of fused-ring (bicyclic) bond motifs is 1. The Balaban J connectivity index is 1.35. The van der Waals surface area contributed by atoms with Gasteiger partial charge in [-0.25, -0.2) is 9.07 Å². The van der Waals surface area contributed by atoms with Crippen molar-refractivity contribution in [2.24, 2.45) is 11.7 Å². The number of amides is 1. The number of hydrogen-bond acceptors (Lipinski definition) is 5. The van der Waals surface area contributed by atoms with Gasteiger partial charge in [-0.2, -0.15) is 5.10 Å². The molecule has 1 amide bonds. The topological polar surface area (TPSA) is 94.2 Å². The second-order valence-corrected chi connectivity index (χ2v) is 6.04. The number of benzene rings is 1. The highest BCUT2D eigenvalue weighted by Crippen LogP contribution is 2.21. The number of carbonyl (C=O) groups excluding carboxylic acids is 1. The quantitative estimate of drug-likeness (QED) is 0.624. The summed E-state index contributed by atoms with van der Waals surface area (Å²) in [6, 6.07) is 6.40. The summed E-state index contributed by atoms with van der Waals surface area (Å²) >= 11 is 0. The van der Waals surface area contributed by atoms with Crippen molar-refractivity contribution >= 4 is 11.7 Å². The van der Waals surface area contributed by atoms with Crippen LogP contribution in [0.1, 0.15) is 16.8 Å². The zero-order valence-corrected chi connectivity index (χ0v) is 13.9. The normalized spacial score (nSPS) is 16.1. The van der Waals surface area contributed by atoms with E-state index in [1.165, 1.54) is 12.3 Å². The third-order valence-corrected chi connectivity index (χ3v) is 4.12. The van der Waals surface area contributed by atoms with Crippen LogP contribution in [0.3, 0.4) is 0 Å². The first-order chi connectivity index (χ1) is 12.1. The highest BCUT2D eigenvalue weighted by molar-refractivity contribution is 5.97. The van der Waals surface area contributed by atoms with Gasteiger partial charge < -0.3 is 21.1 Å². The van der Waals surface area contributed by atoms with E-state index in [1.807, 2.05) is 0 Å². The number of primary amides is 1. The number of halogens is 1. The van der Waals surface area contributed by atoms with Crippen LogP contribution in [0.5, 0.6) is 5.75 Å². The number of rotatable bonds is 8. The molecule has 0 aliphatic carbocycles. The van der Waals surface area contributed by atoms with Gasteiger partial charge >= 0.3 is 0 Å². The van der Waals surface area contributed by atoms with Gasteiger partial charge in [0.05, 0.1) is 12.8 Å². The molecule has 2 heterocycles. The van der Waals surface area contributed by atoms with Gasteiger partial charge in [0.2, 0.25) is 0 Å². The summed E-state index contributed by atoms with van der Waals surface area (Å²) < 4.78 is 20.6. The number of aromatic nitrogens is 2. The molecule has 4 N–H and O–H groups in total. The average molecular weight is 347 g/mol. The summed E-state index contributed by atoms with van der Waals surface area (Å²) in [6.45, 7) is 3.54. The fraction of sp³-hybridized carbons (Fsp3) is 0.412. The number of hydrogen-bond donors (Lipinski definition) is 3. The Hall–Kier alpha value is -2.61. The molecule has 0 saturated carbocycles. The van der Waals surface area contributed by atoms with E-state index < -0.39 is 5.91 Å². The molecule has 1 aromatic heterocycles. The monoisotopic (exact) mass is 347 g/mol. The summed E-state index contributed by atoms with van der Waals surface area (Å²) in [5.74, 6) is 0.535. The van der Waals surface area contributed by atoms with Gasteiger partial charge in [-0.3, -0.25) is 4.79 Å². The molecule has 0 fully saturated rings. The lowest BCUT2D eigenvalue weighted by Crippen LogP contribution is -2.36. The Morgan fingerprint density at radius 1 is 1.48 bits per heavy atom. The van der Waals surface area contributed by atoms with Crippen molar-refractivity contribution in [2.75, 3.05) is 31.6 Å². The summed E-state index contributed by atoms with van der Waals surface area (Å²) in [5.41, 5.74) is 5.74. The molecule has 7 nitrogen and oxygen atoms in total. The minimum Gasteiger partial charge on any atom is -0.490 e. The van der Waals surface area contributed by atoms with Crippen LogP contribution in [0.25, 0.3) is 0 Å². The predicted molar refractivity (Wildman–Crippen MR) is 92.1 cm³/mol. The van der Waals surface area contributed by atoms with Gasteiger partial charge in [-0.15, -0.1) is 0 Å². The SMILES string of the molecule is NC(=O)c1cnn2c1NC[C@H](CNCCCOc1ccccc1F)C2. The van der Waals surface area contributed by atoms with Crippen molar-refractivity contribution in [3.63, 3.8) is 0 Å². The van der Waals surface area contributed by atoms with E-state index in [-0.39, 0.29) is 11.6 Å². The Morgan fingerprint density at radius 2 is 2.32 bits per heavy atom. The van der Waals surface area contributed by atoms with E-state index >= 15 is 0 Å². The van der Waals surface area contributed by atoms with E-state index in [9.17, 15) is 9.18 Å². The highest BCUT2D eigenvalue weighted by Gasteiger charge is 2.23. The lowest BCUT2D eigenvalue weighted by molar-refractivity contribution is 0.100. The number of nitrogens with one attached hydrogen (secondary N) is 2. The molecule has 1 atom stereocenters. The van der Waals surface area contributed by atoms with E-state index in [2.05, 4.69) is 15.7 Å². The second kappa shape index (κ2) is 7.98. The fourth-order valence-corrected chi connectivity index (χ4v) is 2.82. The van der Waals surface area contributed by atoms with Crippen molar-refractivity contribution in [3.8, 4) is 5.75 Å². The smallest absolute Gasteiger partial charge is 0.254 e. The summed E-state index contributed by atoms with van der Waals surface area (Å²) in [5, 5.41) is 10.8. The number of anilines is 1. The first kappa shape index (κ1) is 17.2. The Morgan fingerprint density at radius 3 is 3.12 bits per heavy atom. The fourth-order valence-electron chi connectivity index (χ4n) is 2.82. The molecule has 0 saturated heterocycles. The van der Waals surface area contributed by atoms with Crippen LogP contribution in [-0.2, 0) is 6.54 Å². The minimum absolute atomic E-state index is 0.287. The first-order valence-corrected chi connectivity index (χ1v) is 8.32. The van der Waals surface area contributed by atoms with Gasteiger partial charge in [-0.1, -0.05) is 12.1 Å². The maximum Gasteiger partial charge on any atom is 0.254 e. The molecule has 0 unspecified atom stereocenters. The maximum absolute atomic E-state index is 13.4. The number of para-hydroxylation sites is 1. The lowest BCUT2D eigenvalue weighted by atomic mass is 10.1. The average Bonchev–Trinajstić information content (AvgIpc) is 3.03. The number of ether oxygens (including phenoxy) is 1. The van der Waals surface area contributed by atoms with Crippen molar-refractivity contribution < 1.29 is 13.9 Å². The third-order valence-electron chi connectivity index (χ3n) is 4.12. The lowest BCUT2D eigenvalue weighted by Gasteiger charge is -2.25. The predicted octanol–water partition coefficient (Wildman–Crippen LogP) is 1.22. The Bertz CT molecular complexity index is 734. The standard InChI is InChI=1S/C17H22FN5O2/c18-14-4-1-2-5-15(14)25-7-3-6-20-8-12-9-21-17-13(16(19)24)10-22-23(17)11-12/h1-2,4-5,10,12,20-21H,3,6-9,11H2,(H2,19,24)/t12-/m0/s1. The second-order valence-electron chi connectivity index (χ2n) is 6.04. The Labute approximate surface area is 145 Å². The van der Waals surface area contributed by atoms with E-state index in [0.29, 0.717) is 23.9 Å². The molecule has 1 aliphatic heterocycles. The molecule has 0 spiro atoms. The number of nitrogens with two attached hydrogens (primary N) is 1. The molecule has 0 bridgehead atoms. The molecule has 2 aromatic rings. The highest BCUT2D eigenvalue weighted by atomic mass is 19.1. The molecule has 1 aliphatic rings. The minimum atomic E-state index is -0.472. The number of carbonyl (C=O) groups is 1. The molecule has 134 valence electrons. The molecule has 25 heavy (non-hydrogen) atoms. The molecule has 0 radical (unpaired) electrons. The molecule has 3 rings (SSSR count). The Kier molecular flexibility index (Phi) is 5.49. The summed E-state index contributed by atoms with van der Waals surface area (Å²) in [7, 11) is 0. The van der Waals surface area contributed by atoms with E-state index in [0.717, 1.165) is 32.6 Å². The summed E-state index contributed by atoms with van der Waals surface area (Å²) in [4.78, 5) is 11.3. The van der Waals surface area contributed by atoms with Crippen molar-refractivity contribution in [1.82, 2.24) is 15.1 Å². The zero-order chi connectivity index (χ0) is 17.6. The first-order valence-electron chi connectivity index (χ1n) is 8.32. The third kappa shape index (κ3) is 4.27. The van der Waals surface area contributed by atoms with E-state index in [4.69, 9.17) is 10.5 Å². The zero-order valence-electron chi connectivity index (χ0n) is 13.9. The molecular weight excluding hydrogens is 325 g/mol. The van der Waals surface area contributed by atoms with E-state index in [1.54, 1.807) is 22.9 Å². The number of nitrogens with zero attached hydrogens (tertiary/aromatic N) is 2. The molecule has 1 aromatic carbocycles. The van der Waals surface area contributed by atoms with Gasteiger partial charge in [0.25, 0.3) is 5.91 Å². The summed E-state index contributed by atoms with van der Waals surface area (Å²) in [6.07, 6.45) is 2.29. The van der Waals surface area contributed by atoms with Crippen LogP contribution in [0.15, 0.2) is 30.5 Å². The van der Waals surface area contributed by atoms with Crippen LogP contribution in [0.2, 0.25) is 0 Å². The van der Waals surface area contributed by atoms with Gasteiger partial charge in [0.15, 0.2) is 11.6 Å². The maximum atomic E-state index is 13.4. The van der Waals surface area contributed by atoms with Crippen molar-refractivity contribution in [3.05, 3.63) is 41.8 Å². The molecule has 8 heteroatoms. The van der Waals surface area contributed by atoms with Crippen LogP contribution in [-0.4, -0.2) is 41.9 Å². The van der Waals surface area contributed by atoms with Crippen molar-refractivity contribution in [2.45, 2.75) is 13.0 Å². The van der Waals surface area contributed by atoms with Gasteiger partial charge in [0.1, 0.15) is 11.4 Å².